The molecular formula is C15H16N2O. The molecule has 2 heterocycles. The molecule has 2 aromatic rings. The van der Waals surface area contributed by atoms with Gasteiger partial charge in [0.15, 0.2) is 0 Å². The lowest BCUT2D eigenvalue weighted by molar-refractivity contribution is 0.357. The third-order valence-electron chi connectivity index (χ3n) is 3.33. The second-order valence-corrected chi connectivity index (χ2v) is 4.70. The van der Waals surface area contributed by atoms with Crippen LogP contribution in [0.3, 0.4) is 0 Å². The van der Waals surface area contributed by atoms with Crippen molar-refractivity contribution in [2.45, 2.75) is 19.4 Å². The van der Waals surface area contributed by atoms with Crippen LogP contribution in [0, 0.1) is 6.92 Å². The van der Waals surface area contributed by atoms with Gasteiger partial charge in [-0.1, -0.05) is 12.1 Å². The Morgan fingerprint density at radius 1 is 1.28 bits per heavy atom. The van der Waals surface area contributed by atoms with E-state index >= 15 is 0 Å². The van der Waals surface area contributed by atoms with Crippen LogP contribution in [0.15, 0.2) is 36.5 Å². The third-order valence-corrected chi connectivity index (χ3v) is 3.33. The first-order valence-electron chi connectivity index (χ1n) is 6.18. The van der Waals surface area contributed by atoms with E-state index in [-0.39, 0.29) is 6.04 Å². The van der Waals surface area contributed by atoms with Gasteiger partial charge in [-0.2, -0.15) is 0 Å². The number of hydrogen-bond acceptors (Lipinski definition) is 3. The van der Waals surface area contributed by atoms with Crippen LogP contribution in [0.25, 0.3) is 0 Å². The largest absolute Gasteiger partial charge is 0.493 e. The van der Waals surface area contributed by atoms with Crippen LogP contribution in [0.2, 0.25) is 0 Å². The smallest absolute Gasteiger partial charge is 0.122 e. The van der Waals surface area contributed by atoms with Crippen LogP contribution < -0.4 is 10.5 Å². The minimum absolute atomic E-state index is 0.171. The van der Waals surface area contributed by atoms with Crippen molar-refractivity contribution in [1.82, 2.24) is 4.98 Å². The molecule has 1 unspecified atom stereocenters. The van der Waals surface area contributed by atoms with Crippen LogP contribution >= 0.6 is 0 Å². The fraction of sp³-hybridized carbons (Fsp3) is 0.267. The van der Waals surface area contributed by atoms with Crippen molar-refractivity contribution >= 4 is 0 Å². The minimum atomic E-state index is -0.171. The van der Waals surface area contributed by atoms with Crippen LogP contribution in [0.1, 0.15) is 28.4 Å². The number of nitrogens with zero attached hydrogens (tertiary/aromatic N) is 1. The second kappa shape index (κ2) is 4.42. The molecule has 0 amide bonds. The van der Waals surface area contributed by atoms with Crippen molar-refractivity contribution in [2.75, 3.05) is 6.61 Å². The Morgan fingerprint density at radius 2 is 2.17 bits per heavy atom. The molecule has 3 nitrogen and oxygen atoms in total. The van der Waals surface area contributed by atoms with Crippen LogP contribution in [0.5, 0.6) is 5.75 Å². The SMILES string of the molecule is Cc1ccnc(C(N)c2ccc3c(c2)CCO3)c1. The van der Waals surface area contributed by atoms with Crippen LogP contribution in [-0.2, 0) is 6.42 Å². The summed E-state index contributed by atoms with van der Waals surface area (Å²) in [5, 5.41) is 0. The number of aromatic nitrogens is 1. The maximum Gasteiger partial charge on any atom is 0.122 e. The summed E-state index contributed by atoms with van der Waals surface area (Å²) in [4.78, 5) is 4.35. The lowest BCUT2D eigenvalue weighted by Crippen LogP contribution is -2.13. The number of nitrogens with two attached hydrogens (primary N) is 1. The first kappa shape index (κ1) is 11.2. The van der Waals surface area contributed by atoms with Crippen molar-refractivity contribution < 1.29 is 4.74 Å². The molecule has 92 valence electrons. The predicted octanol–water partition coefficient (Wildman–Crippen LogP) is 2.37. The number of fused-ring (bicyclic) bond motifs is 1. The summed E-state index contributed by atoms with van der Waals surface area (Å²) < 4.78 is 5.50. The third kappa shape index (κ3) is 1.97. The number of benzene rings is 1. The van der Waals surface area contributed by atoms with E-state index in [0.29, 0.717) is 0 Å². The summed E-state index contributed by atoms with van der Waals surface area (Å²) in [6.07, 6.45) is 2.78. The maximum absolute atomic E-state index is 6.28. The Kier molecular flexibility index (Phi) is 2.76. The highest BCUT2D eigenvalue weighted by Crippen LogP contribution is 2.29. The van der Waals surface area contributed by atoms with Gasteiger partial charge in [0.2, 0.25) is 0 Å². The van der Waals surface area contributed by atoms with Gasteiger partial charge >= 0.3 is 0 Å². The molecule has 1 aliphatic rings. The number of aryl methyl sites for hydroxylation is 1. The van der Waals surface area contributed by atoms with Gasteiger partial charge in [-0.05, 0) is 41.8 Å². The summed E-state index contributed by atoms with van der Waals surface area (Å²) in [5.74, 6) is 0.989. The van der Waals surface area contributed by atoms with E-state index in [1.54, 1.807) is 6.20 Å². The van der Waals surface area contributed by atoms with Crippen molar-refractivity contribution in [3.8, 4) is 5.75 Å². The molecule has 1 aromatic carbocycles. The van der Waals surface area contributed by atoms with Crippen LogP contribution in [0.4, 0.5) is 0 Å². The van der Waals surface area contributed by atoms with Gasteiger partial charge in [0.1, 0.15) is 5.75 Å². The monoisotopic (exact) mass is 240 g/mol. The standard InChI is InChI=1S/C15H16N2O/c1-10-4-6-17-13(8-10)15(16)12-2-3-14-11(9-12)5-7-18-14/h2-4,6,8-9,15H,5,7,16H2,1H3. The number of ether oxygens (including phenoxy) is 1. The summed E-state index contributed by atoms with van der Waals surface area (Å²) >= 11 is 0. The first-order valence-corrected chi connectivity index (χ1v) is 6.18. The van der Waals surface area contributed by atoms with Crippen molar-refractivity contribution in [1.29, 1.82) is 0 Å². The Hall–Kier alpha value is -1.87. The molecule has 0 spiro atoms. The van der Waals surface area contributed by atoms with Gasteiger partial charge in [0.25, 0.3) is 0 Å². The number of pyridine rings is 1. The fourth-order valence-electron chi connectivity index (χ4n) is 2.30. The Labute approximate surface area is 107 Å². The average molecular weight is 240 g/mol. The fourth-order valence-corrected chi connectivity index (χ4v) is 2.30. The van der Waals surface area contributed by atoms with E-state index in [1.165, 1.54) is 11.1 Å². The van der Waals surface area contributed by atoms with Crippen LogP contribution in [-0.4, -0.2) is 11.6 Å². The molecule has 0 bridgehead atoms. The highest BCUT2D eigenvalue weighted by atomic mass is 16.5. The van der Waals surface area contributed by atoms with E-state index in [2.05, 4.69) is 18.0 Å². The normalized spacial score (nSPS) is 15.0. The maximum atomic E-state index is 6.28. The van der Waals surface area contributed by atoms with Gasteiger partial charge in [0, 0.05) is 12.6 Å². The van der Waals surface area contributed by atoms with Gasteiger partial charge in [-0.25, -0.2) is 0 Å². The molecule has 0 aliphatic carbocycles. The molecule has 18 heavy (non-hydrogen) atoms. The summed E-state index contributed by atoms with van der Waals surface area (Å²) in [5.41, 5.74) is 10.7. The molecule has 2 N–H and O–H groups in total. The first-order chi connectivity index (χ1) is 8.74. The molecule has 0 saturated heterocycles. The molecule has 1 atom stereocenters. The predicted molar refractivity (Wildman–Crippen MR) is 70.6 cm³/mol. The highest BCUT2D eigenvalue weighted by molar-refractivity contribution is 5.42. The quantitative estimate of drug-likeness (QED) is 0.876. The van der Waals surface area contributed by atoms with E-state index in [9.17, 15) is 0 Å². The molecule has 1 aliphatic heterocycles. The van der Waals surface area contributed by atoms with Gasteiger partial charge in [-0.3, -0.25) is 4.98 Å². The summed E-state index contributed by atoms with van der Waals surface area (Å²) in [6.45, 7) is 2.82. The average Bonchev–Trinajstić information content (AvgIpc) is 2.85. The van der Waals surface area contributed by atoms with E-state index in [0.717, 1.165) is 30.0 Å². The molecule has 3 rings (SSSR count). The lowest BCUT2D eigenvalue weighted by Gasteiger charge is -2.13. The number of rotatable bonds is 2. The molecule has 0 fully saturated rings. The Morgan fingerprint density at radius 3 is 3.00 bits per heavy atom. The minimum Gasteiger partial charge on any atom is -0.493 e. The zero-order valence-corrected chi connectivity index (χ0v) is 10.4. The van der Waals surface area contributed by atoms with E-state index in [1.807, 2.05) is 24.3 Å². The molecule has 1 aromatic heterocycles. The van der Waals surface area contributed by atoms with Crippen molar-refractivity contribution in [3.05, 3.63) is 58.9 Å². The van der Waals surface area contributed by atoms with Gasteiger partial charge in [-0.15, -0.1) is 0 Å². The molecule has 3 heteroatoms. The molecular weight excluding hydrogens is 224 g/mol. The van der Waals surface area contributed by atoms with Gasteiger partial charge < -0.3 is 10.5 Å². The van der Waals surface area contributed by atoms with E-state index < -0.39 is 0 Å². The Balaban J connectivity index is 1.95. The zero-order valence-electron chi connectivity index (χ0n) is 10.4. The number of hydrogen-bond donors (Lipinski definition) is 1. The summed E-state index contributed by atoms with van der Waals surface area (Å²) in [6, 6.07) is 10.0. The summed E-state index contributed by atoms with van der Waals surface area (Å²) in [7, 11) is 0. The second-order valence-electron chi connectivity index (χ2n) is 4.70. The molecule has 0 radical (unpaired) electrons. The lowest BCUT2D eigenvalue weighted by atomic mass is 10.00. The van der Waals surface area contributed by atoms with Gasteiger partial charge in [0.05, 0.1) is 18.3 Å². The van der Waals surface area contributed by atoms with Crippen molar-refractivity contribution in [2.24, 2.45) is 5.73 Å². The molecule has 0 saturated carbocycles. The van der Waals surface area contributed by atoms with E-state index in [4.69, 9.17) is 10.5 Å². The zero-order chi connectivity index (χ0) is 12.5. The Bertz CT molecular complexity index is 580. The van der Waals surface area contributed by atoms with Crippen molar-refractivity contribution in [3.63, 3.8) is 0 Å². The highest BCUT2D eigenvalue weighted by Gasteiger charge is 2.16. The topological polar surface area (TPSA) is 48.1 Å².